The summed E-state index contributed by atoms with van der Waals surface area (Å²) in [5.74, 6) is 0. The van der Waals surface area contributed by atoms with Crippen molar-refractivity contribution in [1.29, 1.82) is 5.26 Å². The van der Waals surface area contributed by atoms with E-state index in [2.05, 4.69) is 10.3 Å². The largest absolute Gasteiger partial charge is 0.385 e. The van der Waals surface area contributed by atoms with Crippen LogP contribution in [-0.4, -0.2) is 16.5 Å². The van der Waals surface area contributed by atoms with Gasteiger partial charge in [0.25, 0.3) is 5.69 Å². The number of nitro groups is 1. The van der Waals surface area contributed by atoms with Gasteiger partial charge >= 0.3 is 0 Å². The zero-order valence-corrected chi connectivity index (χ0v) is 12.5. The van der Waals surface area contributed by atoms with E-state index in [1.165, 1.54) is 17.0 Å². The molecule has 0 aliphatic carbocycles. The molecule has 7 heteroatoms. The first-order valence-corrected chi connectivity index (χ1v) is 7.18. The van der Waals surface area contributed by atoms with Gasteiger partial charge in [-0.25, -0.2) is 4.98 Å². The van der Waals surface area contributed by atoms with Crippen LogP contribution in [0.4, 0.5) is 11.4 Å². The standard InChI is InChI=1S/C14H14N4O2S/c1-9-14(21-10(2)17-9)5-6-16-12-3-4-13(18(19)20)11(7-12)8-15/h3-4,7,16H,5-6H2,1-2H3. The Kier molecular flexibility index (Phi) is 4.50. The Labute approximate surface area is 126 Å². The van der Waals surface area contributed by atoms with Crippen LogP contribution in [0.5, 0.6) is 0 Å². The van der Waals surface area contributed by atoms with Crippen LogP contribution in [-0.2, 0) is 6.42 Å². The Balaban J connectivity index is 2.02. The lowest BCUT2D eigenvalue weighted by Gasteiger charge is -2.06. The zero-order valence-electron chi connectivity index (χ0n) is 11.7. The van der Waals surface area contributed by atoms with Gasteiger partial charge in [0.05, 0.1) is 15.6 Å². The van der Waals surface area contributed by atoms with Crippen LogP contribution in [0, 0.1) is 35.3 Å². The number of anilines is 1. The highest BCUT2D eigenvalue weighted by molar-refractivity contribution is 7.11. The average molecular weight is 302 g/mol. The number of rotatable bonds is 5. The maximum Gasteiger partial charge on any atom is 0.287 e. The van der Waals surface area contributed by atoms with Crippen molar-refractivity contribution in [2.24, 2.45) is 0 Å². The maximum absolute atomic E-state index is 10.8. The summed E-state index contributed by atoms with van der Waals surface area (Å²) >= 11 is 1.67. The number of nitrogens with one attached hydrogen (secondary N) is 1. The minimum absolute atomic E-state index is 0.0646. The van der Waals surface area contributed by atoms with Gasteiger partial charge in [-0.05, 0) is 26.0 Å². The average Bonchev–Trinajstić information content (AvgIpc) is 2.76. The second-order valence-corrected chi connectivity index (χ2v) is 5.81. The molecule has 2 aromatic rings. The van der Waals surface area contributed by atoms with Gasteiger partial charge in [0, 0.05) is 29.6 Å². The van der Waals surface area contributed by atoms with Crippen LogP contribution in [0.1, 0.15) is 21.1 Å². The monoisotopic (exact) mass is 302 g/mol. The summed E-state index contributed by atoms with van der Waals surface area (Å²) in [6, 6.07) is 6.32. The Hall–Kier alpha value is -2.46. The fourth-order valence-electron chi connectivity index (χ4n) is 2.02. The number of benzene rings is 1. The van der Waals surface area contributed by atoms with Crippen molar-refractivity contribution in [1.82, 2.24) is 4.98 Å². The number of hydrogen-bond acceptors (Lipinski definition) is 6. The molecule has 0 saturated heterocycles. The van der Waals surface area contributed by atoms with Crippen molar-refractivity contribution >= 4 is 22.7 Å². The van der Waals surface area contributed by atoms with E-state index in [4.69, 9.17) is 5.26 Å². The van der Waals surface area contributed by atoms with Gasteiger partial charge < -0.3 is 5.32 Å². The van der Waals surface area contributed by atoms with Crippen LogP contribution in [0.15, 0.2) is 18.2 Å². The predicted molar refractivity (Wildman–Crippen MR) is 81.6 cm³/mol. The SMILES string of the molecule is Cc1nc(C)c(CCNc2ccc([N+](=O)[O-])c(C#N)c2)s1. The fourth-order valence-corrected chi connectivity index (χ4v) is 2.96. The van der Waals surface area contributed by atoms with Crippen LogP contribution in [0.25, 0.3) is 0 Å². The number of nitriles is 1. The molecule has 0 unspecified atom stereocenters. The van der Waals surface area contributed by atoms with Crippen molar-refractivity contribution in [2.45, 2.75) is 20.3 Å². The highest BCUT2D eigenvalue weighted by Gasteiger charge is 2.13. The third kappa shape index (κ3) is 3.55. The van der Waals surface area contributed by atoms with E-state index in [-0.39, 0.29) is 11.3 Å². The number of nitrogens with zero attached hydrogens (tertiary/aromatic N) is 3. The zero-order chi connectivity index (χ0) is 15.4. The minimum atomic E-state index is -0.550. The molecule has 0 fully saturated rings. The van der Waals surface area contributed by atoms with E-state index >= 15 is 0 Å². The molecule has 6 nitrogen and oxygen atoms in total. The van der Waals surface area contributed by atoms with Crippen molar-refractivity contribution < 1.29 is 4.92 Å². The molecule has 0 aliphatic heterocycles. The molecule has 108 valence electrons. The number of hydrogen-bond donors (Lipinski definition) is 1. The Bertz CT molecular complexity index is 718. The Morgan fingerprint density at radius 3 is 2.81 bits per heavy atom. The van der Waals surface area contributed by atoms with Gasteiger partial charge in [0.1, 0.15) is 11.6 Å². The molecule has 0 atom stereocenters. The number of aryl methyl sites for hydroxylation is 2. The smallest absolute Gasteiger partial charge is 0.287 e. The third-order valence-corrected chi connectivity index (χ3v) is 4.13. The highest BCUT2D eigenvalue weighted by Crippen LogP contribution is 2.22. The molecule has 0 saturated carbocycles. The van der Waals surface area contributed by atoms with Crippen LogP contribution >= 0.6 is 11.3 Å². The molecule has 2 rings (SSSR count). The lowest BCUT2D eigenvalue weighted by Crippen LogP contribution is -2.05. The Morgan fingerprint density at radius 1 is 1.48 bits per heavy atom. The molecular formula is C14H14N4O2S. The number of aromatic nitrogens is 1. The molecule has 1 aromatic carbocycles. The van der Waals surface area contributed by atoms with E-state index in [9.17, 15) is 10.1 Å². The van der Waals surface area contributed by atoms with Crippen molar-refractivity contribution in [3.8, 4) is 6.07 Å². The summed E-state index contributed by atoms with van der Waals surface area (Å²) in [6.07, 6.45) is 0.830. The predicted octanol–water partition coefficient (Wildman–Crippen LogP) is 3.19. The van der Waals surface area contributed by atoms with Gasteiger partial charge in [-0.15, -0.1) is 11.3 Å². The van der Waals surface area contributed by atoms with Crippen LogP contribution in [0.3, 0.4) is 0 Å². The van der Waals surface area contributed by atoms with Crippen molar-refractivity contribution in [3.63, 3.8) is 0 Å². The van der Waals surface area contributed by atoms with Crippen LogP contribution < -0.4 is 5.32 Å². The van der Waals surface area contributed by atoms with Crippen molar-refractivity contribution in [2.75, 3.05) is 11.9 Å². The third-order valence-electron chi connectivity index (χ3n) is 2.99. The second kappa shape index (κ2) is 6.33. The summed E-state index contributed by atoms with van der Waals surface area (Å²) in [5, 5.41) is 23.9. The van der Waals surface area contributed by atoms with Gasteiger partial charge in [-0.1, -0.05) is 0 Å². The first-order chi connectivity index (χ1) is 10.0. The van der Waals surface area contributed by atoms with E-state index in [0.29, 0.717) is 12.2 Å². The molecule has 0 amide bonds. The summed E-state index contributed by atoms with van der Waals surface area (Å²) in [5.41, 5.74) is 1.64. The molecule has 21 heavy (non-hydrogen) atoms. The molecule has 0 radical (unpaired) electrons. The molecule has 1 N–H and O–H groups in total. The van der Waals surface area contributed by atoms with Gasteiger partial charge in [0.15, 0.2) is 0 Å². The summed E-state index contributed by atoms with van der Waals surface area (Å²) in [7, 11) is 0. The Morgan fingerprint density at radius 2 is 2.24 bits per heavy atom. The lowest BCUT2D eigenvalue weighted by atomic mass is 10.1. The highest BCUT2D eigenvalue weighted by atomic mass is 32.1. The van der Waals surface area contributed by atoms with Crippen LogP contribution in [0.2, 0.25) is 0 Å². The van der Waals surface area contributed by atoms with Gasteiger partial charge in [0.2, 0.25) is 0 Å². The van der Waals surface area contributed by atoms with Gasteiger partial charge in [-0.3, -0.25) is 10.1 Å². The molecule has 0 spiro atoms. The summed E-state index contributed by atoms with van der Waals surface area (Å²) in [6.45, 7) is 4.65. The first kappa shape index (κ1) is 14.9. The number of thiazole rings is 1. The normalized spacial score (nSPS) is 10.1. The van der Waals surface area contributed by atoms with Crippen molar-refractivity contribution in [3.05, 3.63) is 49.5 Å². The van der Waals surface area contributed by atoms with E-state index in [0.717, 1.165) is 17.1 Å². The lowest BCUT2D eigenvalue weighted by molar-refractivity contribution is -0.385. The summed E-state index contributed by atoms with van der Waals surface area (Å²) in [4.78, 5) is 15.8. The molecule has 1 aromatic heterocycles. The minimum Gasteiger partial charge on any atom is -0.385 e. The molecule has 1 heterocycles. The van der Waals surface area contributed by atoms with E-state index in [1.807, 2.05) is 19.9 Å². The summed E-state index contributed by atoms with van der Waals surface area (Å²) < 4.78 is 0. The van der Waals surface area contributed by atoms with E-state index in [1.54, 1.807) is 17.4 Å². The maximum atomic E-state index is 10.8. The van der Waals surface area contributed by atoms with Gasteiger partial charge in [-0.2, -0.15) is 5.26 Å². The van der Waals surface area contributed by atoms with E-state index < -0.39 is 4.92 Å². The quantitative estimate of drug-likeness (QED) is 0.676. The fraction of sp³-hybridized carbons (Fsp3) is 0.286. The first-order valence-electron chi connectivity index (χ1n) is 6.36. The molecular weight excluding hydrogens is 288 g/mol. The second-order valence-electron chi connectivity index (χ2n) is 4.52. The molecule has 0 aliphatic rings. The number of nitro benzene ring substituents is 1. The molecule has 0 bridgehead atoms. The topological polar surface area (TPSA) is 91.8 Å².